The Kier molecular flexibility index (Phi) is 9.32. The molecule has 3 aromatic rings. The van der Waals surface area contributed by atoms with Crippen LogP contribution in [0.5, 0.6) is 0 Å². The summed E-state index contributed by atoms with van der Waals surface area (Å²) in [5.41, 5.74) is 0.504. The number of sulfonamides is 1. The number of benzene rings is 3. The molecule has 0 fully saturated rings. The number of rotatable bonds is 9. The molecule has 3 aromatic carbocycles. The van der Waals surface area contributed by atoms with Crippen molar-refractivity contribution < 1.29 is 22.4 Å². The average molecular weight is 605 g/mol. The quantitative estimate of drug-likeness (QED) is 0.368. The van der Waals surface area contributed by atoms with E-state index in [1.165, 1.54) is 4.90 Å². The predicted octanol–water partition coefficient (Wildman–Crippen LogP) is 5.12. The molecule has 0 saturated carbocycles. The molecule has 0 radical (unpaired) electrons. The van der Waals surface area contributed by atoms with Crippen molar-refractivity contribution in [1.29, 1.82) is 0 Å². The second-order valence-electron chi connectivity index (χ2n) is 9.86. The number of nitrogens with one attached hydrogen (secondary N) is 1. The van der Waals surface area contributed by atoms with E-state index in [1.807, 2.05) is 45.0 Å². The van der Waals surface area contributed by atoms with Gasteiger partial charge in [0, 0.05) is 16.6 Å². The predicted molar refractivity (Wildman–Crippen MR) is 149 cm³/mol. The lowest BCUT2D eigenvalue weighted by Crippen LogP contribution is -2.54. The zero-order chi connectivity index (χ0) is 28.1. The summed E-state index contributed by atoms with van der Waals surface area (Å²) in [4.78, 5) is 28.1. The van der Waals surface area contributed by atoms with Crippen LogP contribution in [0.15, 0.2) is 88.2 Å². The lowest BCUT2D eigenvalue weighted by Gasteiger charge is -2.33. The van der Waals surface area contributed by atoms with Gasteiger partial charge in [-0.15, -0.1) is 0 Å². The van der Waals surface area contributed by atoms with E-state index in [2.05, 4.69) is 21.2 Å². The molecule has 1 N–H and O–H groups in total. The van der Waals surface area contributed by atoms with E-state index >= 15 is 0 Å². The summed E-state index contributed by atoms with van der Waals surface area (Å²) in [6, 6.07) is 19.0. The fourth-order valence-electron chi connectivity index (χ4n) is 3.70. The molecule has 10 heteroatoms. The number of para-hydroxylation sites is 1. The van der Waals surface area contributed by atoms with Gasteiger partial charge in [0.05, 0.1) is 10.6 Å². The third-order valence-electron chi connectivity index (χ3n) is 5.66. The Morgan fingerprint density at radius 1 is 0.947 bits per heavy atom. The Balaban J connectivity index is 2.00. The van der Waals surface area contributed by atoms with Gasteiger partial charge in [-0.05, 0) is 81.8 Å². The molecule has 0 bridgehead atoms. The maximum Gasteiger partial charge on any atom is 0.264 e. The summed E-state index contributed by atoms with van der Waals surface area (Å²) in [6.45, 7) is 6.65. The Hall–Kier alpha value is -3.24. The van der Waals surface area contributed by atoms with Crippen LogP contribution in [0, 0.1) is 5.82 Å². The number of nitrogens with zero attached hydrogens (tertiary/aromatic N) is 2. The Labute approximate surface area is 231 Å². The topological polar surface area (TPSA) is 86.8 Å². The first-order chi connectivity index (χ1) is 17.8. The smallest absolute Gasteiger partial charge is 0.264 e. The third kappa shape index (κ3) is 7.64. The van der Waals surface area contributed by atoms with Gasteiger partial charge in [-0.2, -0.15) is 0 Å². The van der Waals surface area contributed by atoms with Crippen molar-refractivity contribution in [2.45, 2.75) is 50.7 Å². The monoisotopic (exact) mass is 603 g/mol. The maximum absolute atomic E-state index is 13.8. The first-order valence-electron chi connectivity index (χ1n) is 12.0. The van der Waals surface area contributed by atoms with Crippen molar-refractivity contribution in [3.8, 4) is 0 Å². The molecular weight excluding hydrogens is 573 g/mol. The van der Waals surface area contributed by atoms with E-state index < -0.39 is 39.9 Å². The van der Waals surface area contributed by atoms with E-state index in [-0.39, 0.29) is 23.0 Å². The molecule has 0 aliphatic heterocycles. The molecule has 38 heavy (non-hydrogen) atoms. The lowest BCUT2D eigenvalue weighted by molar-refractivity contribution is -0.140. The summed E-state index contributed by atoms with van der Waals surface area (Å²) in [5.74, 6) is -1.51. The van der Waals surface area contributed by atoms with E-state index in [4.69, 9.17) is 0 Å². The highest BCUT2D eigenvalue weighted by Crippen LogP contribution is 2.25. The number of hydrogen-bond donors (Lipinski definition) is 1. The Bertz CT molecular complexity index is 1360. The minimum Gasteiger partial charge on any atom is -0.350 e. The number of anilines is 1. The molecule has 0 aliphatic carbocycles. The van der Waals surface area contributed by atoms with Crippen molar-refractivity contribution in [2.75, 3.05) is 10.8 Å². The number of carbonyl (C=O) groups is 2. The molecular formula is C28H31BrFN3O4S. The largest absolute Gasteiger partial charge is 0.350 e. The van der Waals surface area contributed by atoms with Gasteiger partial charge in [0.1, 0.15) is 18.4 Å². The van der Waals surface area contributed by atoms with Gasteiger partial charge < -0.3 is 10.2 Å². The summed E-state index contributed by atoms with van der Waals surface area (Å²) >= 11 is 3.39. The second kappa shape index (κ2) is 12.1. The highest BCUT2D eigenvalue weighted by molar-refractivity contribution is 9.10. The standard InChI is InChI=1S/C28H31BrFN3O4S/c1-20(27(35)31-28(2,3)4)32(18-21-10-12-22(29)13-11-21)26(34)19-33(24-8-6-5-7-9-24)38(36,37)25-16-14-23(30)15-17-25/h5-17,20H,18-19H2,1-4H3,(H,31,35)/t20-/m1/s1. The summed E-state index contributed by atoms with van der Waals surface area (Å²) in [6.07, 6.45) is 0. The van der Waals surface area contributed by atoms with Gasteiger partial charge in [-0.25, -0.2) is 12.8 Å². The molecule has 0 heterocycles. The molecule has 7 nitrogen and oxygen atoms in total. The summed E-state index contributed by atoms with van der Waals surface area (Å²) in [5, 5.41) is 2.89. The van der Waals surface area contributed by atoms with Crippen LogP contribution < -0.4 is 9.62 Å². The van der Waals surface area contributed by atoms with Crippen LogP contribution in [0.2, 0.25) is 0 Å². The van der Waals surface area contributed by atoms with E-state index in [0.29, 0.717) is 0 Å². The van der Waals surface area contributed by atoms with Crippen LogP contribution in [0.3, 0.4) is 0 Å². The van der Waals surface area contributed by atoms with E-state index in [1.54, 1.807) is 37.3 Å². The molecule has 2 amide bonds. The molecule has 202 valence electrons. The first-order valence-corrected chi connectivity index (χ1v) is 14.2. The normalized spacial score (nSPS) is 12.5. The van der Waals surface area contributed by atoms with Gasteiger partial charge in [0.2, 0.25) is 11.8 Å². The van der Waals surface area contributed by atoms with Crippen LogP contribution in [0.1, 0.15) is 33.3 Å². The van der Waals surface area contributed by atoms with Crippen molar-refractivity contribution >= 4 is 43.5 Å². The zero-order valence-corrected chi connectivity index (χ0v) is 24.1. The molecule has 0 aliphatic rings. The fraction of sp³-hybridized carbons (Fsp3) is 0.286. The summed E-state index contributed by atoms with van der Waals surface area (Å²) < 4.78 is 42.6. The van der Waals surface area contributed by atoms with E-state index in [0.717, 1.165) is 38.6 Å². The third-order valence-corrected chi connectivity index (χ3v) is 7.97. The fourth-order valence-corrected chi connectivity index (χ4v) is 5.38. The second-order valence-corrected chi connectivity index (χ2v) is 12.6. The Morgan fingerprint density at radius 2 is 1.53 bits per heavy atom. The van der Waals surface area contributed by atoms with Crippen LogP contribution in [-0.4, -0.2) is 43.3 Å². The van der Waals surface area contributed by atoms with Crippen LogP contribution >= 0.6 is 15.9 Å². The van der Waals surface area contributed by atoms with Gasteiger partial charge in [-0.1, -0.05) is 46.3 Å². The first kappa shape index (κ1) is 29.3. The molecule has 0 aromatic heterocycles. The van der Waals surface area contributed by atoms with Crippen LogP contribution in [-0.2, 0) is 26.2 Å². The SMILES string of the molecule is C[C@H](C(=O)NC(C)(C)C)N(Cc1ccc(Br)cc1)C(=O)CN(c1ccccc1)S(=O)(=O)c1ccc(F)cc1. The Morgan fingerprint density at radius 3 is 2.08 bits per heavy atom. The van der Waals surface area contributed by atoms with E-state index in [9.17, 15) is 22.4 Å². The zero-order valence-electron chi connectivity index (χ0n) is 21.7. The summed E-state index contributed by atoms with van der Waals surface area (Å²) in [7, 11) is -4.24. The van der Waals surface area contributed by atoms with Gasteiger partial charge in [-0.3, -0.25) is 13.9 Å². The van der Waals surface area contributed by atoms with Crippen molar-refractivity contribution in [1.82, 2.24) is 10.2 Å². The van der Waals surface area contributed by atoms with Crippen molar-refractivity contribution in [3.05, 3.63) is 94.7 Å². The molecule has 3 rings (SSSR count). The van der Waals surface area contributed by atoms with Crippen LogP contribution in [0.4, 0.5) is 10.1 Å². The number of carbonyl (C=O) groups excluding carboxylic acids is 2. The highest BCUT2D eigenvalue weighted by Gasteiger charge is 2.33. The number of halogens is 2. The van der Waals surface area contributed by atoms with Gasteiger partial charge >= 0.3 is 0 Å². The van der Waals surface area contributed by atoms with Crippen molar-refractivity contribution in [3.63, 3.8) is 0 Å². The highest BCUT2D eigenvalue weighted by atomic mass is 79.9. The molecule has 0 unspecified atom stereocenters. The minimum absolute atomic E-state index is 0.0874. The molecule has 1 atom stereocenters. The lowest BCUT2D eigenvalue weighted by atomic mass is 10.1. The van der Waals surface area contributed by atoms with Crippen LogP contribution in [0.25, 0.3) is 0 Å². The maximum atomic E-state index is 13.8. The van der Waals surface area contributed by atoms with Gasteiger partial charge in [0.15, 0.2) is 0 Å². The van der Waals surface area contributed by atoms with Gasteiger partial charge in [0.25, 0.3) is 10.0 Å². The average Bonchev–Trinajstić information content (AvgIpc) is 2.86. The molecule has 0 saturated heterocycles. The number of hydrogen-bond acceptors (Lipinski definition) is 4. The number of amides is 2. The van der Waals surface area contributed by atoms with Crippen molar-refractivity contribution in [2.24, 2.45) is 0 Å². The minimum atomic E-state index is -4.24. The molecule has 0 spiro atoms.